The molecule has 0 aromatic carbocycles. The molecular weight excluding hydrogens is 292 g/mol. The van der Waals surface area contributed by atoms with E-state index in [-0.39, 0.29) is 17.9 Å². The van der Waals surface area contributed by atoms with Gasteiger partial charge in [0, 0.05) is 18.7 Å². The van der Waals surface area contributed by atoms with Crippen molar-refractivity contribution in [2.75, 3.05) is 13.1 Å². The predicted octanol–water partition coefficient (Wildman–Crippen LogP) is 1.86. The van der Waals surface area contributed by atoms with E-state index >= 15 is 0 Å². The fraction of sp³-hybridized carbons (Fsp3) is 0.500. The summed E-state index contributed by atoms with van der Waals surface area (Å²) < 4.78 is 0. The average molecular weight is 316 g/mol. The van der Waals surface area contributed by atoms with Crippen LogP contribution in [-0.2, 0) is 14.4 Å². The van der Waals surface area contributed by atoms with E-state index in [2.05, 4.69) is 6.58 Å². The second kappa shape index (κ2) is 6.52. The zero-order valence-electron chi connectivity index (χ0n) is 14.0. The Hall–Kier alpha value is -2.17. The molecule has 0 spiro atoms. The molecule has 2 aliphatic rings. The van der Waals surface area contributed by atoms with Gasteiger partial charge in [-0.2, -0.15) is 0 Å². The van der Waals surface area contributed by atoms with Gasteiger partial charge >= 0.3 is 0 Å². The first-order valence-electron chi connectivity index (χ1n) is 7.95. The van der Waals surface area contributed by atoms with Crippen LogP contribution in [0.3, 0.4) is 0 Å². The molecule has 1 fully saturated rings. The maximum absolute atomic E-state index is 12.9. The number of hydrogen-bond acceptors (Lipinski definition) is 3. The Kier molecular flexibility index (Phi) is 4.88. The van der Waals surface area contributed by atoms with Gasteiger partial charge in [-0.15, -0.1) is 0 Å². The molecule has 0 aromatic heterocycles. The van der Waals surface area contributed by atoms with Gasteiger partial charge in [0.2, 0.25) is 5.91 Å². The lowest BCUT2D eigenvalue weighted by molar-refractivity contribution is -0.150. The molecular formula is C18H24N2O3. The molecule has 0 saturated carbocycles. The SMILES string of the molecule is C=CC1=C(/C=C\C)CN(C(C)(C)C(=O)N2CCCC2C=O)C1=O. The van der Waals surface area contributed by atoms with E-state index in [1.807, 2.05) is 19.1 Å². The van der Waals surface area contributed by atoms with Crippen LogP contribution in [0.1, 0.15) is 33.6 Å². The Morgan fingerprint density at radius 2 is 2.09 bits per heavy atom. The number of carbonyl (C=O) groups is 3. The second-order valence-corrected chi connectivity index (χ2v) is 6.44. The van der Waals surface area contributed by atoms with E-state index < -0.39 is 5.54 Å². The Bertz CT molecular complexity index is 601. The molecule has 1 atom stereocenters. The van der Waals surface area contributed by atoms with Crippen molar-refractivity contribution in [2.24, 2.45) is 0 Å². The van der Waals surface area contributed by atoms with Crippen molar-refractivity contribution in [3.8, 4) is 0 Å². The maximum atomic E-state index is 12.9. The Labute approximate surface area is 137 Å². The lowest BCUT2D eigenvalue weighted by Gasteiger charge is -2.38. The molecule has 0 bridgehead atoms. The van der Waals surface area contributed by atoms with Gasteiger partial charge in [0.15, 0.2) is 0 Å². The van der Waals surface area contributed by atoms with Crippen LogP contribution in [0, 0.1) is 0 Å². The van der Waals surface area contributed by atoms with Crippen molar-refractivity contribution in [3.05, 3.63) is 36.0 Å². The molecule has 0 aliphatic carbocycles. The molecule has 23 heavy (non-hydrogen) atoms. The first kappa shape index (κ1) is 17.2. The lowest BCUT2D eigenvalue weighted by atomic mass is 10.00. The highest BCUT2D eigenvalue weighted by Gasteiger charge is 2.46. The van der Waals surface area contributed by atoms with Crippen LogP contribution < -0.4 is 0 Å². The Balaban J connectivity index is 2.27. The number of aldehydes is 1. The fourth-order valence-electron chi connectivity index (χ4n) is 3.28. The molecule has 0 N–H and O–H groups in total. The minimum atomic E-state index is -1.000. The highest BCUT2D eigenvalue weighted by molar-refractivity contribution is 6.04. The summed E-state index contributed by atoms with van der Waals surface area (Å²) in [6.07, 6.45) is 7.62. The van der Waals surface area contributed by atoms with Gasteiger partial charge in [-0.05, 0) is 39.2 Å². The molecule has 5 heteroatoms. The van der Waals surface area contributed by atoms with Crippen LogP contribution in [0.25, 0.3) is 0 Å². The third kappa shape index (κ3) is 2.87. The van der Waals surface area contributed by atoms with Crippen LogP contribution in [0.5, 0.6) is 0 Å². The van der Waals surface area contributed by atoms with Gasteiger partial charge in [-0.25, -0.2) is 0 Å². The van der Waals surface area contributed by atoms with Crippen molar-refractivity contribution in [1.29, 1.82) is 0 Å². The van der Waals surface area contributed by atoms with E-state index in [0.717, 1.165) is 18.3 Å². The summed E-state index contributed by atoms with van der Waals surface area (Å²) in [5.41, 5.74) is 0.402. The summed E-state index contributed by atoms with van der Waals surface area (Å²) in [6, 6.07) is -0.374. The van der Waals surface area contributed by atoms with Crippen LogP contribution in [0.4, 0.5) is 0 Å². The van der Waals surface area contributed by atoms with Gasteiger partial charge in [0.1, 0.15) is 11.8 Å². The van der Waals surface area contributed by atoms with Crippen LogP contribution in [0.2, 0.25) is 0 Å². The quantitative estimate of drug-likeness (QED) is 0.727. The van der Waals surface area contributed by atoms with Crippen molar-refractivity contribution in [3.63, 3.8) is 0 Å². The zero-order valence-corrected chi connectivity index (χ0v) is 14.0. The number of carbonyl (C=O) groups excluding carboxylic acids is 3. The molecule has 1 unspecified atom stereocenters. The number of rotatable bonds is 5. The molecule has 0 aromatic rings. The molecule has 124 valence electrons. The van der Waals surface area contributed by atoms with Crippen molar-refractivity contribution < 1.29 is 14.4 Å². The third-order valence-electron chi connectivity index (χ3n) is 4.64. The smallest absolute Gasteiger partial charge is 0.255 e. The summed E-state index contributed by atoms with van der Waals surface area (Å²) in [5, 5.41) is 0. The fourth-order valence-corrected chi connectivity index (χ4v) is 3.28. The van der Waals surface area contributed by atoms with E-state index in [9.17, 15) is 14.4 Å². The highest BCUT2D eigenvalue weighted by Crippen LogP contribution is 2.31. The molecule has 1 saturated heterocycles. The lowest BCUT2D eigenvalue weighted by Crippen LogP contribution is -2.58. The first-order valence-corrected chi connectivity index (χ1v) is 7.95. The minimum absolute atomic E-state index is 0.175. The summed E-state index contributed by atoms with van der Waals surface area (Å²) in [4.78, 5) is 39.9. The summed E-state index contributed by atoms with van der Waals surface area (Å²) in [5.74, 6) is -0.362. The van der Waals surface area contributed by atoms with Crippen LogP contribution in [-0.4, -0.2) is 52.6 Å². The second-order valence-electron chi connectivity index (χ2n) is 6.44. The summed E-state index contributed by atoms with van der Waals surface area (Å²) in [6.45, 7) is 10.0. The van der Waals surface area contributed by atoms with E-state index in [1.54, 1.807) is 29.7 Å². The topological polar surface area (TPSA) is 57.7 Å². The number of likely N-dealkylation sites (tertiary alicyclic amines) is 1. The highest BCUT2D eigenvalue weighted by atomic mass is 16.2. The normalized spacial score (nSPS) is 22.4. The molecule has 2 heterocycles. The van der Waals surface area contributed by atoms with Crippen molar-refractivity contribution >= 4 is 18.1 Å². The summed E-state index contributed by atoms with van der Waals surface area (Å²) in [7, 11) is 0. The monoisotopic (exact) mass is 316 g/mol. The standard InChI is InChI=1S/C18H24N2O3/c1-5-8-13-11-20(16(22)15(13)6-2)18(3,4)17(23)19-10-7-9-14(19)12-21/h5-6,8,12,14H,2,7,9-11H2,1,3-4H3/b8-5-. The first-order chi connectivity index (χ1) is 10.9. The number of allylic oxidation sites excluding steroid dienone is 1. The van der Waals surface area contributed by atoms with Gasteiger partial charge in [0.05, 0.1) is 6.04 Å². The summed E-state index contributed by atoms with van der Waals surface area (Å²) >= 11 is 0. The van der Waals surface area contributed by atoms with Crippen molar-refractivity contribution in [2.45, 2.75) is 45.2 Å². The van der Waals surface area contributed by atoms with E-state index in [1.165, 1.54) is 0 Å². The Morgan fingerprint density at radius 1 is 1.39 bits per heavy atom. The molecule has 2 aliphatic heterocycles. The van der Waals surface area contributed by atoms with Crippen LogP contribution in [0.15, 0.2) is 36.0 Å². The maximum Gasteiger partial charge on any atom is 0.255 e. The van der Waals surface area contributed by atoms with E-state index in [4.69, 9.17) is 0 Å². The number of nitrogens with zero attached hydrogens (tertiary/aromatic N) is 2. The van der Waals surface area contributed by atoms with Gasteiger partial charge in [-0.1, -0.05) is 24.8 Å². The average Bonchev–Trinajstić information content (AvgIpc) is 3.11. The van der Waals surface area contributed by atoms with Gasteiger partial charge in [-0.3, -0.25) is 9.59 Å². The molecule has 5 nitrogen and oxygen atoms in total. The number of hydrogen-bond donors (Lipinski definition) is 0. The van der Waals surface area contributed by atoms with E-state index in [0.29, 0.717) is 25.1 Å². The zero-order chi connectivity index (χ0) is 17.2. The predicted molar refractivity (Wildman–Crippen MR) is 88.6 cm³/mol. The molecule has 2 amide bonds. The third-order valence-corrected chi connectivity index (χ3v) is 4.64. The van der Waals surface area contributed by atoms with Gasteiger partial charge < -0.3 is 14.6 Å². The van der Waals surface area contributed by atoms with Gasteiger partial charge in [0.25, 0.3) is 5.91 Å². The Morgan fingerprint density at radius 3 is 2.65 bits per heavy atom. The number of amides is 2. The molecule has 0 radical (unpaired) electrons. The molecule has 2 rings (SSSR count). The van der Waals surface area contributed by atoms with Crippen LogP contribution >= 0.6 is 0 Å². The van der Waals surface area contributed by atoms with Crippen molar-refractivity contribution in [1.82, 2.24) is 9.80 Å². The minimum Gasteiger partial charge on any atom is -0.331 e. The largest absolute Gasteiger partial charge is 0.331 e.